The molecule has 0 amide bonds. The van der Waals surface area contributed by atoms with E-state index in [1.54, 1.807) is 0 Å². The van der Waals surface area contributed by atoms with Gasteiger partial charge in [-0.3, -0.25) is 0 Å². The summed E-state index contributed by atoms with van der Waals surface area (Å²) >= 11 is 0. The highest BCUT2D eigenvalue weighted by atomic mass is 14.1. The van der Waals surface area contributed by atoms with E-state index in [9.17, 15) is 0 Å². The standard InChI is InChI=1S/C13H22/c1-6-8-10-13(4,5)11-12(3)9-7-2/h7-11H,6H2,1-5H3/b9-7-,10-8-,12-11-. The van der Waals surface area contributed by atoms with Gasteiger partial charge in [0.1, 0.15) is 0 Å². The van der Waals surface area contributed by atoms with Gasteiger partial charge in [0.2, 0.25) is 0 Å². The molecule has 0 aromatic rings. The lowest BCUT2D eigenvalue weighted by molar-refractivity contribution is 0.619. The van der Waals surface area contributed by atoms with Gasteiger partial charge in [-0.25, -0.2) is 0 Å². The molecule has 0 aromatic heterocycles. The summed E-state index contributed by atoms with van der Waals surface area (Å²) in [5, 5.41) is 0. The molecular formula is C13H22. The van der Waals surface area contributed by atoms with Gasteiger partial charge in [-0.05, 0) is 20.3 Å². The van der Waals surface area contributed by atoms with E-state index in [0.717, 1.165) is 6.42 Å². The highest BCUT2D eigenvalue weighted by Gasteiger charge is 2.08. The Labute approximate surface area is 83.0 Å². The Kier molecular flexibility index (Phi) is 5.45. The number of rotatable bonds is 4. The van der Waals surface area contributed by atoms with Gasteiger partial charge in [-0.2, -0.15) is 0 Å². The second-order valence-corrected chi connectivity index (χ2v) is 4.02. The van der Waals surface area contributed by atoms with E-state index in [0.29, 0.717) is 0 Å². The fourth-order valence-corrected chi connectivity index (χ4v) is 1.37. The summed E-state index contributed by atoms with van der Waals surface area (Å²) in [6.07, 6.45) is 12.1. The molecule has 0 atom stereocenters. The lowest BCUT2D eigenvalue weighted by Gasteiger charge is -2.15. The van der Waals surface area contributed by atoms with E-state index in [4.69, 9.17) is 0 Å². The summed E-state index contributed by atoms with van der Waals surface area (Å²) in [6, 6.07) is 0. The third-order valence-corrected chi connectivity index (χ3v) is 1.81. The van der Waals surface area contributed by atoms with E-state index in [-0.39, 0.29) is 5.41 Å². The first-order valence-electron chi connectivity index (χ1n) is 5.01. The first-order chi connectivity index (χ1) is 6.02. The molecule has 13 heavy (non-hydrogen) atoms. The smallest absolute Gasteiger partial charge is 0.00101 e. The molecule has 0 saturated carbocycles. The van der Waals surface area contributed by atoms with Crippen molar-refractivity contribution in [2.75, 3.05) is 0 Å². The molecule has 0 radical (unpaired) electrons. The first-order valence-corrected chi connectivity index (χ1v) is 5.01. The van der Waals surface area contributed by atoms with Gasteiger partial charge in [0.15, 0.2) is 0 Å². The van der Waals surface area contributed by atoms with E-state index in [2.05, 4.69) is 58.1 Å². The van der Waals surface area contributed by atoms with Crippen LogP contribution in [0.15, 0.2) is 36.0 Å². The van der Waals surface area contributed by atoms with Crippen LogP contribution in [0.4, 0.5) is 0 Å². The van der Waals surface area contributed by atoms with Crippen molar-refractivity contribution >= 4 is 0 Å². The fraction of sp³-hybridized carbons (Fsp3) is 0.538. The molecule has 0 unspecified atom stereocenters. The summed E-state index contributed by atoms with van der Waals surface area (Å²) in [5.41, 5.74) is 1.51. The zero-order valence-corrected chi connectivity index (χ0v) is 9.59. The lowest BCUT2D eigenvalue weighted by atomic mass is 9.90. The minimum atomic E-state index is 0.180. The summed E-state index contributed by atoms with van der Waals surface area (Å²) in [5.74, 6) is 0. The highest BCUT2D eigenvalue weighted by molar-refractivity contribution is 5.21. The summed E-state index contributed by atoms with van der Waals surface area (Å²) in [6.45, 7) is 10.8. The maximum Gasteiger partial charge on any atom is 0.00101 e. The number of hydrogen-bond acceptors (Lipinski definition) is 0. The average Bonchev–Trinajstić information content (AvgIpc) is 2.00. The Hall–Kier alpha value is -0.780. The van der Waals surface area contributed by atoms with Crippen LogP contribution < -0.4 is 0 Å². The molecule has 0 N–H and O–H groups in total. The molecule has 0 heteroatoms. The zero-order valence-electron chi connectivity index (χ0n) is 9.59. The van der Waals surface area contributed by atoms with Gasteiger partial charge < -0.3 is 0 Å². The molecule has 0 spiro atoms. The van der Waals surface area contributed by atoms with E-state index < -0.39 is 0 Å². The van der Waals surface area contributed by atoms with Crippen molar-refractivity contribution in [3.63, 3.8) is 0 Å². The van der Waals surface area contributed by atoms with Crippen LogP contribution in [0.1, 0.15) is 41.0 Å². The van der Waals surface area contributed by atoms with Crippen molar-refractivity contribution in [3.05, 3.63) is 36.0 Å². The van der Waals surface area contributed by atoms with Gasteiger partial charge in [0.05, 0.1) is 0 Å². The average molecular weight is 178 g/mol. The second-order valence-electron chi connectivity index (χ2n) is 4.02. The maximum absolute atomic E-state index is 2.29. The van der Waals surface area contributed by atoms with Crippen molar-refractivity contribution in [3.8, 4) is 0 Å². The summed E-state index contributed by atoms with van der Waals surface area (Å²) < 4.78 is 0. The van der Waals surface area contributed by atoms with Crippen LogP contribution in [0, 0.1) is 5.41 Å². The van der Waals surface area contributed by atoms with Crippen molar-refractivity contribution < 1.29 is 0 Å². The highest BCUT2D eigenvalue weighted by Crippen LogP contribution is 2.21. The van der Waals surface area contributed by atoms with Crippen molar-refractivity contribution in [2.45, 2.75) is 41.0 Å². The number of hydrogen-bond donors (Lipinski definition) is 0. The molecule has 0 aromatic carbocycles. The van der Waals surface area contributed by atoms with Crippen LogP contribution in [0.2, 0.25) is 0 Å². The Bertz CT molecular complexity index is 214. The summed E-state index contributed by atoms with van der Waals surface area (Å²) in [7, 11) is 0. The molecule has 0 aliphatic carbocycles. The van der Waals surface area contributed by atoms with E-state index in [1.807, 2.05) is 6.92 Å². The molecular weight excluding hydrogens is 156 g/mol. The molecule has 0 nitrogen and oxygen atoms in total. The third-order valence-electron chi connectivity index (χ3n) is 1.81. The zero-order chi connectivity index (χ0) is 10.3. The van der Waals surface area contributed by atoms with Crippen LogP contribution in [0.5, 0.6) is 0 Å². The normalized spacial score (nSPS) is 14.7. The largest absolute Gasteiger partial charge is 0.0880 e. The Balaban J connectivity index is 4.46. The Morgan fingerprint density at radius 1 is 1.31 bits per heavy atom. The lowest BCUT2D eigenvalue weighted by Crippen LogP contribution is -2.02. The van der Waals surface area contributed by atoms with Crippen molar-refractivity contribution in [1.29, 1.82) is 0 Å². The number of allylic oxidation sites excluding steroid dienone is 6. The van der Waals surface area contributed by atoms with Crippen LogP contribution in [0.25, 0.3) is 0 Å². The van der Waals surface area contributed by atoms with Gasteiger partial charge in [0.25, 0.3) is 0 Å². The Morgan fingerprint density at radius 3 is 2.38 bits per heavy atom. The van der Waals surface area contributed by atoms with E-state index >= 15 is 0 Å². The molecule has 0 saturated heterocycles. The molecule has 0 bridgehead atoms. The van der Waals surface area contributed by atoms with Crippen LogP contribution in [-0.2, 0) is 0 Å². The van der Waals surface area contributed by atoms with Crippen molar-refractivity contribution in [2.24, 2.45) is 5.41 Å². The van der Waals surface area contributed by atoms with Crippen LogP contribution in [0.3, 0.4) is 0 Å². The molecule has 74 valence electrons. The van der Waals surface area contributed by atoms with E-state index in [1.165, 1.54) is 5.57 Å². The fourth-order valence-electron chi connectivity index (χ4n) is 1.37. The molecule has 0 rings (SSSR count). The first kappa shape index (κ1) is 12.2. The minimum Gasteiger partial charge on any atom is -0.0880 e. The van der Waals surface area contributed by atoms with Gasteiger partial charge >= 0.3 is 0 Å². The predicted molar refractivity (Wildman–Crippen MR) is 61.8 cm³/mol. The topological polar surface area (TPSA) is 0 Å². The van der Waals surface area contributed by atoms with Crippen molar-refractivity contribution in [1.82, 2.24) is 0 Å². The van der Waals surface area contributed by atoms with Gasteiger partial charge in [-0.15, -0.1) is 0 Å². The van der Waals surface area contributed by atoms with Crippen LogP contribution in [-0.4, -0.2) is 0 Å². The monoisotopic (exact) mass is 178 g/mol. The third kappa shape index (κ3) is 6.39. The van der Waals surface area contributed by atoms with Gasteiger partial charge in [0, 0.05) is 5.41 Å². The molecule has 0 aliphatic heterocycles. The minimum absolute atomic E-state index is 0.180. The van der Waals surface area contributed by atoms with Crippen LogP contribution >= 0.6 is 0 Å². The molecule has 0 aliphatic rings. The SMILES string of the molecule is C/C=C\C(C)=C/C(C)(C)/C=C\CC. The van der Waals surface area contributed by atoms with Gasteiger partial charge in [-0.1, -0.05) is 56.7 Å². The quantitative estimate of drug-likeness (QED) is 0.439. The molecule has 0 heterocycles. The summed E-state index contributed by atoms with van der Waals surface area (Å²) in [4.78, 5) is 0. The molecule has 0 fully saturated rings. The maximum atomic E-state index is 2.29. The Morgan fingerprint density at radius 2 is 1.92 bits per heavy atom. The predicted octanol–water partition coefficient (Wildman–Crippen LogP) is 4.50. The second kappa shape index (κ2) is 5.80.